The highest BCUT2D eigenvalue weighted by atomic mass is 35.5. The fourth-order valence-electron chi connectivity index (χ4n) is 4.72. The first-order chi connectivity index (χ1) is 17.9. The number of rotatable bonds is 5. The third-order valence-electron chi connectivity index (χ3n) is 6.70. The molecule has 1 aliphatic carbocycles. The number of halogens is 1. The molecular weight excluding hydrogens is 530 g/mol. The van der Waals surface area contributed by atoms with E-state index in [0.29, 0.717) is 44.4 Å². The number of ether oxygens (including phenoxy) is 2. The van der Waals surface area contributed by atoms with Crippen LogP contribution < -0.4 is 20.3 Å². The molecule has 37 heavy (non-hydrogen) atoms. The van der Waals surface area contributed by atoms with Gasteiger partial charge >= 0.3 is 0 Å². The molecule has 0 unspecified atom stereocenters. The molecule has 0 saturated heterocycles. The fourth-order valence-corrected chi connectivity index (χ4v) is 7.13. The number of benzene rings is 2. The maximum atomic E-state index is 14.0. The van der Waals surface area contributed by atoms with Gasteiger partial charge in [0.15, 0.2) is 16.7 Å². The van der Waals surface area contributed by atoms with Crippen LogP contribution in [-0.4, -0.2) is 28.0 Å². The summed E-state index contributed by atoms with van der Waals surface area (Å²) in [5.74, 6) is 1.70. The Labute approximate surface area is 226 Å². The van der Waals surface area contributed by atoms with Gasteiger partial charge in [0.1, 0.15) is 4.83 Å². The lowest BCUT2D eigenvalue weighted by molar-refractivity contribution is -0.113. The standard InChI is InChI=1S/C27H24ClN3O4S2/c1-14-3-7-18-22(9-14)37-25-24(18)26(33)31(17-6-4-15(2)19(28)11-17)27(30-25)36-12-23(32)29-16-5-8-20-21(10-16)35-13-34-20/h4-6,8,10-11,14H,3,7,9,12-13H2,1-2H3,(H,29,32)/t14-/m0/s1. The number of carbonyl (C=O) groups excluding carboxylic acids is 1. The average Bonchev–Trinajstić information content (AvgIpc) is 3.48. The lowest BCUT2D eigenvalue weighted by atomic mass is 9.89. The summed E-state index contributed by atoms with van der Waals surface area (Å²) >= 11 is 9.26. The number of anilines is 1. The van der Waals surface area contributed by atoms with E-state index < -0.39 is 0 Å². The fraction of sp³-hybridized carbons (Fsp3) is 0.296. The summed E-state index contributed by atoms with van der Waals surface area (Å²) in [6.07, 6.45) is 2.91. The van der Waals surface area contributed by atoms with Crippen molar-refractivity contribution in [1.82, 2.24) is 9.55 Å². The van der Waals surface area contributed by atoms with E-state index in [9.17, 15) is 9.59 Å². The van der Waals surface area contributed by atoms with Gasteiger partial charge in [-0.1, -0.05) is 36.4 Å². The van der Waals surface area contributed by atoms with Crippen LogP contribution in [-0.2, 0) is 17.6 Å². The molecule has 1 amide bonds. The monoisotopic (exact) mass is 553 g/mol. The molecule has 0 fully saturated rings. The summed E-state index contributed by atoms with van der Waals surface area (Å²) in [4.78, 5) is 33.7. The van der Waals surface area contributed by atoms with E-state index in [4.69, 9.17) is 26.1 Å². The van der Waals surface area contributed by atoms with Crippen molar-refractivity contribution in [1.29, 1.82) is 0 Å². The smallest absolute Gasteiger partial charge is 0.267 e. The van der Waals surface area contributed by atoms with Gasteiger partial charge in [-0.2, -0.15) is 0 Å². The molecule has 0 spiro atoms. The number of thioether (sulfide) groups is 1. The van der Waals surface area contributed by atoms with E-state index in [2.05, 4.69) is 12.2 Å². The molecule has 1 N–H and O–H groups in total. The quantitative estimate of drug-likeness (QED) is 0.241. The van der Waals surface area contributed by atoms with Crippen molar-refractivity contribution >= 4 is 56.5 Å². The van der Waals surface area contributed by atoms with Crippen molar-refractivity contribution < 1.29 is 14.3 Å². The van der Waals surface area contributed by atoms with Gasteiger partial charge in [0.2, 0.25) is 12.7 Å². The van der Waals surface area contributed by atoms with Gasteiger partial charge in [-0.25, -0.2) is 4.98 Å². The van der Waals surface area contributed by atoms with Crippen LogP contribution in [0.1, 0.15) is 29.3 Å². The minimum atomic E-state index is -0.217. The lowest BCUT2D eigenvalue weighted by Crippen LogP contribution is -2.23. The second-order valence-corrected chi connectivity index (χ2v) is 11.8. The van der Waals surface area contributed by atoms with Crippen LogP contribution in [0.4, 0.5) is 5.69 Å². The van der Waals surface area contributed by atoms with Crippen LogP contribution in [0, 0.1) is 12.8 Å². The molecule has 6 rings (SSSR count). The molecule has 7 nitrogen and oxygen atoms in total. The molecule has 1 aliphatic heterocycles. The number of thiophene rings is 1. The molecule has 1 atom stereocenters. The van der Waals surface area contributed by atoms with Crippen LogP contribution >= 0.6 is 34.7 Å². The topological polar surface area (TPSA) is 82.5 Å². The van der Waals surface area contributed by atoms with E-state index in [1.54, 1.807) is 40.2 Å². The second-order valence-electron chi connectivity index (χ2n) is 9.41. The van der Waals surface area contributed by atoms with Gasteiger partial charge < -0.3 is 14.8 Å². The minimum absolute atomic E-state index is 0.0775. The molecule has 10 heteroatoms. The number of fused-ring (bicyclic) bond motifs is 4. The van der Waals surface area contributed by atoms with E-state index in [0.717, 1.165) is 35.2 Å². The van der Waals surface area contributed by atoms with Crippen LogP contribution in [0.3, 0.4) is 0 Å². The Morgan fingerprint density at radius 1 is 1.24 bits per heavy atom. The molecular formula is C27H24ClN3O4S2. The second kappa shape index (κ2) is 9.70. The Morgan fingerprint density at radius 2 is 2.08 bits per heavy atom. The Bertz CT molecular complexity index is 1610. The molecule has 3 heterocycles. The van der Waals surface area contributed by atoms with Crippen molar-refractivity contribution in [3.8, 4) is 17.2 Å². The van der Waals surface area contributed by atoms with Gasteiger partial charge in [0.25, 0.3) is 5.56 Å². The SMILES string of the molecule is Cc1ccc(-n2c(SCC(=O)Nc3ccc4c(c3)OCO4)nc3sc4c(c3c2=O)CC[C@H](C)C4)cc1Cl. The third kappa shape index (κ3) is 4.60. The highest BCUT2D eigenvalue weighted by molar-refractivity contribution is 7.99. The van der Waals surface area contributed by atoms with Crippen LogP contribution in [0.25, 0.3) is 15.9 Å². The third-order valence-corrected chi connectivity index (χ3v) is 9.19. The largest absolute Gasteiger partial charge is 0.454 e. The molecule has 2 aromatic carbocycles. The van der Waals surface area contributed by atoms with Gasteiger partial charge in [-0.15, -0.1) is 11.3 Å². The predicted molar refractivity (Wildman–Crippen MR) is 148 cm³/mol. The number of nitrogens with zero attached hydrogens (tertiary/aromatic N) is 2. The average molecular weight is 554 g/mol. The Hall–Kier alpha value is -3.01. The number of hydrogen-bond donors (Lipinski definition) is 1. The highest BCUT2D eigenvalue weighted by Crippen LogP contribution is 2.37. The van der Waals surface area contributed by atoms with Gasteiger partial charge in [-0.3, -0.25) is 14.2 Å². The van der Waals surface area contributed by atoms with E-state index >= 15 is 0 Å². The van der Waals surface area contributed by atoms with E-state index in [-0.39, 0.29) is 24.0 Å². The zero-order valence-corrected chi connectivity index (χ0v) is 22.7. The first kappa shape index (κ1) is 24.3. The van der Waals surface area contributed by atoms with Crippen LogP contribution in [0.15, 0.2) is 46.3 Å². The molecule has 0 radical (unpaired) electrons. The normalized spacial score (nSPS) is 16.1. The Balaban J connectivity index is 1.35. The summed E-state index contributed by atoms with van der Waals surface area (Å²) in [6.45, 7) is 4.33. The highest BCUT2D eigenvalue weighted by Gasteiger charge is 2.25. The molecule has 2 aromatic heterocycles. The molecule has 2 aliphatic rings. The number of aryl methyl sites for hydroxylation is 2. The summed E-state index contributed by atoms with van der Waals surface area (Å²) in [7, 11) is 0. The number of aromatic nitrogens is 2. The van der Waals surface area contributed by atoms with Crippen LogP contribution in [0.2, 0.25) is 5.02 Å². The predicted octanol–water partition coefficient (Wildman–Crippen LogP) is 5.99. The molecule has 0 saturated carbocycles. The van der Waals surface area contributed by atoms with E-state index in [1.807, 2.05) is 19.1 Å². The number of carbonyl (C=O) groups is 1. The first-order valence-corrected chi connectivity index (χ1v) is 14.2. The zero-order chi connectivity index (χ0) is 25.7. The molecule has 4 aromatic rings. The van der Waals surface area contributed by atoms with Crippen molar-refractivity contribution in [2.24, 2.45) is 5.92 Å². The van der Waals surface area contributed by atoms with Crippen molar-refractivity contribution in [2.45, 2.75) is 38.3 Å². The van der Waals surface area contributed by atoms with Crippen molar-refractivity contribution in [3.63, 3.8) is 0 Å². The summed E-state index contributed by atoms with van der Waals surface area (Å²) in [5.41, 5.74) is 3.18. The molecule has 0 bridgehead atoms. The van der Waals surface area contributed by atoms with E-state index in [1.165, 1.54) is 16.6 Å². The number of amides is 1. The first-order valence-electron chi connectivity index (χ1n) is 12.0. The minimum Gasteiger partial charge on any atom is -0.454 e. The van der Waals surface area contributed by atoms with Gasteiger partial charge in [0, 0.05) is 21.7 Å². The summed E-state index contributed by atoms with van der Waals surface area (Å²) in [5, 5.41) is 4.61. The number of nitrogens with one attached hydrogen (secondary N) is 1. The Kier molecular flexibility index (Phi) is 6.38. The maximum Gasteiger partial charge on any atom is 0.267 e. The lowest BCUT2D eigenvalue weighted by Gasteiger charge is -2.18. The summed E-state index contributed by atoms with van der Waals surface area (Å²) < 4.78 is 12.3. The van der Waals surface area contributed by atoms with Gasteiger partial charge in [-0.05, 0) is 67.5 Å². The maximum absolute atomic E-state index is 14.0. The Morgan fingerprint density at radius 3 is 2.92 bits per heavy atom. The van der Waals surface area contributed by atoms with Crippen molar-refractivity contribution in [2.75, 3.05) is 17.9 Å². The van der Waals surface area contributed by atoms with Crippen molar-refractivity contribution in [3.05, 3.63) is 67.8 Å². The molecule has 190 valence electrons. The van der Waals surface area contributed by atoms with Gasteiger partial charge in [0.05, 0.1) is 16.8 Å². The summed E-state index contributed by atoms with van der Waals surface area (Å²) in [6, 6.07) is 10.8. The van der Waals surface area contributed by atoms with Crippen LogP contribution in [0.5, 0.6) is 11.5 Å². The zero-order valence-electron chi connectivity index (χ0n) is 20.3. The number of hydrogen-bond acceptors (Lipinski definition) is 7.